The summed E-state index contributed by atoms with van der Waals surface area (Å²) < 4.78 is 0. The summed E-state index contributed by atoms with van der Waals surface area (Å²) in [6.07, 6.45) is 1.12. The van der Waals surface area contributed by atoms with Gasteiger partial charge in [-0.05, 0) is 26.3 Å². The molecule has 1 aromatic carbocycles. The van der Waals surface area contributed by atoms with Crippen molar-refractivity contribution >= 4 is 0 Å². The summed E-state index contributed by atoms with van der Waals surface area (Å²) in [6, 6.07) is 6.28. The van der Waals surface area contributed by atoms with Crippen LogP contribution in [0.1, 0.15) is 38.2 Å². The van der Waals surface area contributed by atoms with Crippen molar-refractivity contribution in [2.24, 2.45) is 0 Å². The van der Waals surface area contributed by atoms with Crippen molar-refractivity contribution < 1.29 is 10.0 Å². The van der Waals surface area contributed by atoms with Gasteiger partial charge in [-0.25, -0.2) is 0 Å². The molecule has 18 heavy (non-hydrogen) atoms. The third kappa shape index (κ3) is 2.23. The van der Waals surface area contributed by atoms with Gasteiger partial charge >= 0.3 is 0 Å². The summed E-state index contributed by atoms with van der Waals surface area (Å²) in [5, 5.41) is 21.1. The predicted molar refractivity (Wildman–Crippen MR) is 69.2 cm³/mol. The molecule has 0 heterocycles. The van der Waals surface area contributed by atoms with E-state index in [-0.39, 0.29) is 16.6 Å². The van der Waals surface area contributed by atoms with Crippen LogP contribution in [0, 0.1) is 10.1 Å². The standard InChI is InChI=1S/C14H17NO3/c1-9-7-12(11-5-3-4-6-14(11)16)13(15(17)18)8-10(9)2/h3-6,12-13,16H,7-8H2,1-2H3/t12-,13+/m1/s1. The summed E-state index contributed by atoms with van der Waals surface area (Å²) in [4.78, 5) is 11.0. The van der Waals surface area contributed by atoms with Gasteiger partial charge in [0.2, 0.25) is 6.04 Å². The van der Waals surface area contributed by atoms with Crippen molar-refractivity contribution in [1.82, 2.24) is 0 Å². The van der Waals surface area contributed by atoms with Gasteiger partial charge in [0, 0.05) is 16.9 Å². The van der Waals surface area contributed by atoms with E-state index in [4.69, 9.17) is 0 Å². The number of allylic oxidation sites excluding steroid dienone is 1. The number of nitro groups is 1. The van der Waals surface area contributed by atoms with E-state index in [1.165, 1.54) is 5.57 Å². The lowest BCUT2D eigenvalue weighted by molar-refractivity contribution is -0.527. The molecule has 0 saturated carbocycles. The van der Waals surface area contributed by atoms with E-state index in [1.807, 2.05) is 19.9 Å². The van der Waals surface area contributed by atoms with E-state index in [0.29, 0.717) is 18.4 Å². The van der Waals surface area contributed by atoms with Crippen molar-refractivity contribution in [1.29, 1.82) is 0 Å². The fourth-order valence-corrected chi connectivity index (χ4v) is 2.61. The molecule has 0 radical (unpaired) electrons. The topological polar surface area (TPSA) is 63.4 Å². The monoisotopic (exact) mass is 247 g/mol. The Balaban J connectivity index is 2.42. The SMILES string of the molecule is CC1=C(C)C[C@H]([N+](=O)[O-])[C@@H](c2ccccc2O)C1. The molecular weight excluding hydrogens is 230 g/mol. The van der Waals surface area contributed by atoms with Crippen molar-refractivity contribution in [2.45, 2.75) is 38.6 Å². The molecule has 0 bridgehead atoms. The summed E-state index contributed by atoms with van der Waals surface area (Å²) in [5.74, 6) is -0.0772. The molecule has 0 spiro atoms. The lowest BCUT2D eigenvalue weighted by Crippen LogP contribution is -2.31. The number of hydrogen-bond donors (Lipinski definition) is 1. The van der Waals surface area contributed by atoms with Crippen LogP contribution >= 0.6 is 0 Å². The Hall–Kier alpha value is -1.84. The van der Waals surface area contributed by atoms with Gasteiger partial charge in [0.05, 0.1) is 5.92 Å². The molecule has 1 aromatic rings. The lowest BCUT2D eigenvalue weighted by Gasteiger charge is -2.28. The normalized spacial score (nSPS) is 24.1. The average Bonchev–Trinajstić information content (AvgIpc) is 2.32. The second-order valence-electron chi connectivity index (χ2n) is 4.99. The molecule has 2 atom stereocenters. The van der Waals surface area contributed by atoms with Crippen molar-refractivity contribution in [2.75, 3.05) is 0 Å². The molecule has 0 aromatic heterocycles. The first-order chi connectivity index (χ1) is 8.50. The zero-order valence-corrected chi connectivity index (χ0v) is 10.6. The summed E-state index contributed by atoms with van der Waals surface area (Å²) in [7, 11) is 0. The average molecular weight is 247 g/mol. The van der Waals surface area contributed by atoms with Crippen LogP contribution in [0.3, 0.4) is 0 Å². The van der Waals surface area contributed by atoms with Crippen LogP contribution < -0.4 is 0 Å². The highest BCUT2D eigenvalue weighted by Crippen LogP contribution is 2.40. The molecule has 96 valence electrons. The minimum Gasteiger partial charge on any atom is -0.508 e. The number of phenolic OH excluding ortho intramolecular Hbond substituents is 1. The van der Waals surface area contributed by atoms with Gasteiger partial charge in [0.15, 0.2) is 0 Å². The maximum atomic E-state index is 11.2. The Labute approximate surface area is 106 Å². The quantitative estimate of drug-likeness (QED) is 0.495. The summed E-state index contributed by atoms with van der Waals surface area (Å²) in [5.41, 5.74) is 2.98. The van der Waals surface area contributed by atoms with Crippen molar-refractivity contribution in [3.05, 3.63) is 51.1 Å². The first kappa shape index (κ1) is 12.6. The fourth-order valence-electron chi connectivity index (χ4n) is 2.61. The van der Waals surface area contributed by atoms with Crippen molar-refractivity contribution in [3.8, 4) is 5.75 Å². The molecule has 0 saturated heterocycles. The van der Waals surface area contributed by atoms with Gasteiger partial charge in [-0.3, -0.25) is 10.1 Å². The first-order valence-corrected chi connectivity index (χ1v) is 6.07. The molecular formula is C14H17NO3. The molecule has 0 aliphatic heterocycles. The molecule has 1 N–H and O–H groups in total. The van der Waals surface area contributed by atoms with Crippen LogP contribution in [0.5, 0.6) is 5.75 Å². The largest absolute Gasteiger partial charge is 0.508 e. The van der Waals surface area contributed by atoms with E-state index in [9.17, 15) is 15.2 Å². The van der Waals surface area contributed by atoms with Gasteiger partial charge in [-0.15, -0.1) is 0 Å². The Morgan fingerprint density at radius 1 is 1.22 bits per heavy atom. The van der Waals surface area contributed by atoms with Gasteiger partial charge in [0.25, 0.3) is 0 Å². The smallest absolute Gasteiger partial charge is 0.224 e. The van der Waals surface area contributed by atoms with Crippen LogP contribution in [0.15, 0.2) is 35.4 Å². The van der Waals surface area contributed by atoms with Crippen LogP contribution in [-0.4, -0.2) is 16.1 Å². The zero-order chi connectivity index (χ0) is 13.3. The molecule has 0 amide bonds. The maximum Gasteiger partial charge on any atom is 0.224 e. The van der Waals surface area contributed by atoms with E-state index >= 15 is 0 Å². The first-order valence-electron chi connectivity index (χ1n) is 6.07. The number of nitrogens with zero attached hydrogens (tertiary/aromatic N) is 1. The number of benzene rings is 1. The minimum atomic E-state index is -0.637. The Bertz CT molecular complexity index is 508. The molecule has 4 nitrogen and oxygen atoms in total. The van der Waals surface area contributed by atoms with E-state index < -0.39 is 6.04 Å². The minimum absolute atomic E-state index is 0.154. The second kappa shape index (κ2) is 4.80. The van der Waals surface area contributed by atoms with Gasteiger partial charge in [-0.1, -0.05) is 29.3 Å². The van der Waals surface area contributed by atoms with E-state index in [1.54, 1.807) is 18.2 Å². The Morgan fingerprint density at radius 2 is 1.83 bits per heavy atom. The third-order valence-electron chi connectivity index (χ3n) is 3.84. The van der Waals surface area contributed by atoms with Gasteiger partial charge < -0.3 is 5.11 Å². The summed E-state index contributed by atoms with van der Waals surface area (Å²) >= 11 is 0. The maximum absolute atomic E-state index is 11.2. The van der Waals surface area contributed by atoms with Gasteiger partial charge in [-0.2, -0.15) is 0 Å². The predicted octanol–water partition coefficient (Wildman–Crippen LogP) is 3.25. The number of phenols is 1. The second-order valence-corrected chi connectivity index (χ2v) is 4.99. The highest BCUT2D eigenvalue weighted by Gasteiger charge is 2.37. The number of hydrogen-bond acceptors (Lipinski definition) is 3. The number of rotatable bonds is 2. The number of aromatic hydroxyl groups is 1. The summed E-state index contributed by atoms with van der Waals surface area (Å²) in [6.45, 7) is 3.96. The fraction of sp³-hybridized carbons (Fsp3) is 0.429. The Kier molecular flexibility index (Phi) is 3.36. The zero-order valence-electron chi connectivity index (χ0n) is 10.6. The van der Waals surface area contributed by atoms with Crippen LogP contribution in [0.4, 0.5) is 0 Å². The molecule has 1 aliphatic carbocycles. The van der Waals surface area contributed by atoms with Crippen LogP contribution in [0.25, 0.3) is 0 Å². The highest BCUT2D eigenvalue weighted by molar-refractivity contribution is 5.38. The van der Waals surface area contributed by atoms with Crippen LogP contribution in [-0.2, 0) is 0 Å². The lowest BCUT2D eigenvalue weighted by atomic mass is 9.77. The molecule has 0 fully saturated rings. The van der Waals surface area contributed by atoms with Crippen LogP contribution in [0.2, 0.25) is 0 Å². The third-order valence-corrected chi connectivity index (χ3v) is 3.84. The Morgan fingerprint density at radius 3 is 2.44 bits per heavy atom. The van der Waals surface area contributed by atoms with E-state index in [2.05, 4.69) is 0 Å². The molecule has 1 aliphatic rings. The molecule has 4 heteroatoms. The molecule has 0 unspecified atom stereocenters. The van der Waals surface area contributed by atoms with Gasteiger partial charge in [0.1, 0.15) is 5.75 Å². The highest BCUT2D eigenvalue weighted by atomic mass is 16.6. The van der Waals surface area contributed by atoms with E-state index in [0.717, 1.165) is 5.57 Å². The molecule has 2 rings (SSSR count). The van der Waals surface area contributed by atoms with Crippen molar-refractivity contribution in [3.63, 3.8) is 0 Å². The number of para-hydroxylation sites is 1.